The molecule has 2 N–H and O–H groups in total. The van der Waals surface area contributed by atoms with Crippen molar-refractivity contribution in [2.45, 2.75) is 38.2 Å². The summed E-state index contributed by atoms with van der Waals surface area (Å²) in [5, 5.41) is 13.4. The van der Waals surface area contributed by atoms with E-state index in [-0.39, 0.29) is 5.91 Å². The normalized spacial score (nSPS) is 23.6. The lowest BCUT2D eigenvalue weighted by molar-refractivity contribution is -0.116. The second-order valence-corrected chi connectivity index (χ2v) is 6.38. The molecular weight excluding hydrogens is 288 g/mol. The van der Waals surface area contributed by atoms with E-state index in [1.807, 2.05) is 19.1 Å². The van der Waals surface area contributed by atoms with Crippen LogP contribution in [0.25, 0.3) is 0 Å². The Morgan fingerprint density at radius 1 is 1.38 bits per heavy atom. The van der Waals surface area contributed by atoms with Gasteiger partial charge in [0.05, 0.1) is 16.3 Å². The molecule has 1 heterocycles. The molecule has 0 bridgehead atoms. The van der Waals surface area contributed by atoms with Crippen molar-refractivity contribution in [3.05, 3.63) is 29.3 Å². The molecular formula is C16H23ClN2O2. The Morgan fingerprint density at radius 2 is 2.14 bits per heavy atom. The summed E-state index contributed by atoms with van der Waals surface area (Å²) < 4.78 is 0. The summed E-state index contributed by atoms with van der Waals surface area (Å²) in [6.45, 7) is 4.38. The fourth-order valence-electron chi connectivity index (χ4n) is 2.58. The van der Waals surface area contributed by atoms with E-state index < -0.39 is 5.60 Å². The lowest BCUT2D eigenvalue weighted by Gasteiger charge is -2.22. The fourth-order valence-corrected chi connectivity index (χ4v) is 2.76. The van der Waals surface area contributed by atoms with Crippen molar-refractivity contribution >= 4 is 23.2 Å². The molecule has 1 atom stereocenters. The maximum absolute atomic E-state index is 12.0. The maximum atomic E-state index is 12.0. The van der Waals surface area contributed by atoms with Gasteiger partial charge < -0.3 is 15.3 Å². The number of likely N-dealkylation sites (tertiary alicyclic amines) is 1. The minimum atomic E-state index is -0.561. The van der Waals surface area contributed by atoms with Crippen molar-refractivity contribution in [2.75, 3.05) is 25.0 Å². The zero-order valence-electron chi connectivity index (χ0n) is 12.4. The van der Waals surface area contributed by atoms with Gasteiger partial charge in [0.2, 0.25) is 5.91 Å². The van der Waals surface area contributed by atoms with E-state index in [1.54, 1.807) is 12.1 Å². The van der Waals surface area contributed by atoms with Gasteiger partial charge in [-0.05, 0) is 44.9 Å². The van der Waals surface area contributed by atoms with E-state index in [9.17, 15) is 9.90 Å². The van der Waals surface area contributed by atoms with E-state index in [1.165, 1.54) is 0 Å². The largest absolute Gasteiger partial charge is 0.390 e. The number of anilines is 1. The van der Waals surface area contributed by atoms with Crippen LogP contribution in [0.5, 0.6) is 0 Å². The number of halogens is 1. The molecule has 116 valence electrons. The summed E-state index contributed by atoms with van der Waals surface area (Å²) in [4.78, 5) is 14.2. The number of hydrogen-bond acceptors (Lipinski definition) is 3. The fraction of sp³-hybridized carbons (Fsp3) is 0.562. The minimum absolute atomic E-state index is 0.0286. The summed E-state index contributed by atoms with van der Waals surface area (Å²) in [7, 11) is 0. The van der Waals surface area contributed by atoms with Crippen LogP contribution in [0.2, 0.25) is 5.02 Å². The molecule has 1 unspecified atom stereocenters. The molecule has 0 radical (unpaired) electrons. The number of nitrogens with zero attached hydrogens (tertiary/aromatic N) is 1. The van der Waals surface area contributed by atoms with Gasteiger partial charge in [0, 0.05) is 19.5 Å². The predicted octanol–water partition coefficient (Wildman–Crippen LogP) is 2.91. The van der Waals surface area contributed by atoms with Crippen molar-refractivity contribution < 1.29 is 9.90 Å². The van der Waals surface area contributed by atoms with Gasteiger partial charge in [0.1, 0.15) is 0 Å². The topological polar surface area (TPSA) is 52.6 Å². The average Bonchev–Trinajstić information content (AvgIpc) is 2.60. The number of rotatable bonds is 4. The van der Waals surface area contributed by atoms with Crippen molar-refractivity contribution in [1.29, 1.82) is 0 Å². The lowest BCUT2D eigenvalue weighted by Crippen LogP contribution is -2.31. The first-order chi connectivity index (χ1) is 9.96. The molecule has 0 saturated carbocycles. The molecule has 21 heavy (non-hydrogen) atoms. The summed E-state index contributed by atoms with van der Waals surface area (Å²) in [6, 6.07) is 7.23. The Bertz CT molecular complexity index is 491. The summed E-state index contributed by atoms with van der Waals surface area (Å²) in [6.07, 6.45) is 3.00. The number of aliphatic hydroxyl groups is 1. The zero-order valence-corrected chi connectivity index (χ0v) is 13.2. The molecule has 0 aliphatic carbocycles. The van der Waals surface area contributed by atoms with Crippen molar-refractivity contribution in [3.8, 4) is 0 Å². The predicted molar refractivity (Wildman–Crippen MR) is 85.6 cm³/mol. The van der Waals surface area contributed by atoms with Crippen LogP contribution in [0.4, 0.5) is 5.69 Å². The van der Waals surface area contributed by atoms with Gasteiger partial charge in [-0.25, -0.2) is 0 Å². The van der Waals surface area contributed by atoms with Crippen LogP contribution in [0.1, 0.15) is 32.6 Å². The highest BCUT2D eigenvalue weighted by atomic mass is 35.5. The number of para-hydroxylation sites is 1. The first-order valence-electron chi connectivity index (χ1n) is 7.45. The minimum Gasteiger partial charge on any atom is -0.390 e. The number of nitrogens with one attached hydrogen (secondary N) is 1. The van der Waals surface area contributed by atoms with Gasteiger partial charge in [0.15, 0.2) is 0 Å². The standard InChI is InChI=1S/C16H23ClN2O2/c1-16(21)8-4-10-19(12-9-16)11-7-15(20)18-14-6-3-2-5-13(14)17/h2-3,5-6,21H,4,7-12H2,1H3,(H,18,20). The molecule has 1 aromatic rings. The van der Waals surface area contributed by atoms with Crippen LogP contribution >= 0.6 is 11.6 Å². The molecule has 2 rings (SSSR count). The Kier molecular flexibility index (Phi) is 5.62. The van der Waals surface area contributed by atoms with E-state index in [0.717, 1.165) is 32.4 Å². The number of carbonyl (C=O) groups excluding carboxylic acids is 1. The highest BCUT2D eigenvalue weighted by Crippen LogP contribution is 2.22. The molecule has 1 aromatic carbocycles. The SMILES string of the molecule is CC1(O)CCCN(CCC(=O)Nc2ccccc2Cl)CC1. The van der Waals surface area contributed by atoms with Crippen LogP contribution in [0.3, 0.4) is 0 Å². The Morgan fingerprint density at radius 3 is 2.90 bits per heavy atom. The quantitative estimate of drug-likeness (QED) is 0.899. The molecule has 4 nitrogen and oxygen atoms in total. The lowest BCUT2D eigenvalue weighted by atomic mass is 9.98. The second kappa shape index (κ2) is 7.25. The van der Waals surface area contributed by atoms with Crippen molar-refractivity contribution in [2.24, 2.45) is 0 Å². The van der Waals surface area contributed by atoms with Crippen LogP contribution < -0.4 is 5.32 Å². The van der Waals surface area contributed by atoms with Crippen LogP contribution in [0, 0.1) is 0 Å². The van der Waals surface area contributed by atoms with Crippen LogP contribution in [0.15, 0.2) is 24.3 Å². The van der Waals surface area contributed by atoms with Crippen molar-refractivity contribution in [1.82, 2.24) is 4.90 Å². The number of carbonyl (C=O) groups is 1. The molecule has 0 spiro atoms. The van der Waals surface area contributed by atoms with Gasteiger partial charge in [-0.15, -0.1) is 0 Å². The average molecular weight is 311 g/mol. The number of benzene rings is 1. The third-order valence-electron chi connectivity index (χ3n) is 3.96. The Hall–Kier alpha value is -1.10. The van der Waals surface area contributed by atoms with Gasteiger partial charge in [0.25, 0.3) is 0 Å². The van der Waals surface area contributed by atoms with E-state index in [4.69, 9.17) is 11.6 Å². The highest BCUT2D eigenvalue weighted by Gasteiger charge is 2.24. The Balaban J connectivity index is 1.78. The summed E-state index contributed by atoms with van der Waals surface area (Å²) in [5.74, 6) is -0.0286. The zero-order chi connectivity index (χ0) is 15.3. The molecule has 1 aliphatic heterocycles. The van der Waals surface area contributed by atoms with E-state index in [0.29, 0.717) is 23.7 Å². The van der Waals surface area contributed by atoms with E-state index >= 15 is 0 Å². The maximum Gasteiger partial charge on any atom is 0.225 e. The third-order valence-corrected chi connectivity index (χ3v) is 4.29. The first-order valence-corrected chi connectivity index (χ1v) is 7.83. The molecule has 5 heteroatoms. The highest BCUT2D eigenvalue weighted by molar-refractivity contribution is 6.33. The van der Waals surface area contributed by atoms with Gasteiger partial charge in [-0.3, -0.25) is 4.79 Å². The molecule has 1 fully saturated rings. The Labute approximate surface area is 131 Å². The van der Waals surface area contributed by atoms with Crippen LogP contribution in [-0.4, -0.2) is 41.1 Å². The smallest absolute Gasteiger partial charge is 0.225 e. The number of amides is 1. The molecule has 0 aromatic heterocycles. The van der Waals surface area contributed by atoms with Crippen LogP contribution in [-0.2, 0) is 4.79 Å². The summed E-state index contributed by atoms with van der Waals surface area (Å²) >= 11 is 6.02. The molecule has 1 aliphatic rings. The first kappa shape index (κ1) is 16.3. The monoisotopic (exact) mass is 310 g/mol. The molecule has 1 amide bonds. The van der Waals surface area contributed by atoms with Crippen molar-refractivity contribution in [3.63, 3.8) is 0 Å². The molecule has 1 saturated heterocycles. The number of hydrogen-bond donors (Lipinski definition) is 2. The van der Waals surface area contributed by atoms with Gasteiger partial charge in [-0.1, -0.05) is 23.7 Å². The van der Waals surface area contributed by atoms with Gasteiger partial charge in [-0.2, -0.15) is 0 Å². The third kappa shape index (κ3) is 5.30. The summed E-state index contributed by atoms with van der Waals surface area (Å²) in [5.41, 5.74) is 0.0946. The van der Waals surface area contributed by atoms with E-state index in [2.05, 4.69) is 10.2 Å². The van der Waals surface area contributed by atoms with Gasteiger partial charge >= 0.3 is 0 Å². The second-order valence-electron chi connectivity index (χ2n) is 5.97.